The number of unbranched alkanes of at least 4 members (excludes halogenated alkanes) is 1. The summed E-state index contributed by atoms with van der Waals surface area (Å²) >= 11 is 0. The molecule has 0 bridgehead atoms. The van der Waals surface area contributed by atoms with Crippen molar-refractivity contribution < 1.29 is 19.8 Å². The van der Waals surface area contributed by atoms with E-state index in [-0.39, 0.29) is 0 Å². The van der Waals surface area contributed by atoms with E-state index >= 15 is 0 Å². The maximum atomic E-state index is 10.1. The van der Waals surface area contributed by atoms with E-state index in [1.807, 2.05) is 0 Å². The number of hydrogen-bond donors (Lipinski definition) is 5. The summed E-state index contributed by atoms with van der Waals surface area (Å²) in [6.45, 7) is 2.02. The Morgan fingerprint density at radius 2 is 1.56 bits per heavy atom. The quantitative estimate of drug-likeness (QED) is 0.368. The SMILES string of the molecule is C[C@H](N)C(=O)O.NCCCC[C@H](N)C(=O)O. The van der Waals surface area contributed by atoms with Gasteiger partial charge in [0.05, 0.1) is 0 Å². The molecular formula is C9H21N3O4. The standard InChI is InChI=1S/C6H14N2O2.C3H7NO2/c7-4-2-1-3-5(8)6(9)10;1-2(4)3(5)6/h5H,1-4,7-8H2,(H,9,10);2H,4H2,1H3,(H,5,6)/t5-;2-/m00/s1. The number of hydrogen-bond acceptors (Lipinski definition) is 5. The first kappa shape index (κ1) is 17.2. The van der Waals surface area contributed by atoms with Crippen LogP contribution in [0.4, 0.5) is 0 Å². The highest BCUT2D eigenvalue weighted by Gasteiger charge is 2.09. The molecule has 0 rings (SSSR count). The molecule has 7 heteroatoms. The summed E-state index contributed by atoms with van der Waals surface area (Å²) in [7, 11) is 0. The van der Waals surface area contributed by atoms with Gasteiger partial charge in [-0.2, -0.15) is 0 Å². The Bertz CT molecular complexity index is 209. The lowest BCUT2D eigenvalue weighted by Crippen LogP contribution is -2.29. The number of aliphatic carboxylic acids is 2. The van der Waals surface area contributed by atoms with E-state index in [0.29, 0.717) is 13.0 Å². The van der Waals surface area contributed by atoms with E-state index in [2.05, 4.69) is 0 Å². The molecule has 0 saturated carbocycles. The molecule has 0 aromatic rings. The van der Waals surface area contributed by atoms with Crippen LogP contribution in [0.3, 0.4) is 0 Å². The third-order valence-electron chi connectivity index (χ3n) is 1.68. The lowest BCUT2D eigenvalue weighted by Gasteiger charge is -2.03. The second-order valence-electron chi connectivity index (χ2n) is 3.36. The van der Waals surface area contributed by atoms with Crippen LogP contribution < -0.4 is 17.2 Å². The third kappa shape index (κ3) is 12.8. The van der Waals surface area contributed by atoms with Gasteiger partial charge in [-0.05, 0) is 26.3 Å². The molecule has 96 valence electrons. The van der Waals surface area contributed by atoms with Crippen molar-refractivity contribution in [3.63, 3.8) is 0 Å². The first-order chi connectivity index (χ1) is 7.32. The lowest BCUT2D eigenvalue weighted by atomic mass is 10.1. The number of carboxylic acids is 2. The highest BCUT2D eigenvalue weighted by molar-refractivity contribution is 5.73. The third-order valence-corrected chi connectivity index (χ3v) is 1.68. The molecule has 0 aromatic carbocycles. The maximum Gasteiger partial charge on any atom is 0.320 e. The van der Waals surface area contributed by atoms with E-state index < -0.39 is 24.0 Å². The molecule has 0 aliphatic heterocycles. The smallest absolute Gasteiger partial charge is 0.320 e. The molecular weight excluding hydrogens is 214 g/mol. The highest BCUT2D eigenvalue weighted by atomic mass is 16.4. The summed E-state index contributed by atoms with van der Waals surface area (Å²) in [4.78, 5) is 19.7. The van der Waals surface area contributed by atoms with Crippen molar-refractivity contribution >= 4 is 11.9 Å². The second-order valence-corrected chi connectivity index (χ2v) is 3.36. The Labute approximate surface area is 94.6 Å². The van der Waals surface area contributed by atoms with Crippen molar-refractivity contribution in [1.29, 1.82) is 0 Å². The largest absolute Gasteiger partial charge is 0.480 e. The summed E-state index contributed by atoms with van der Waals surface area (Å²) in [5.41, 5.74) is 15.3. The van der Waals surface area contributed by atoms with Gasteiger partial charge in [-0.25, -0.2) is 0 Å². The van der Waals surface area contributed by atoms with Gasteiger partial charge < -0.3 is 27.4 Å². The monoisotopic (exact) mass is 235 g/mol. The van der Waals surface area contributed by atoms with E-state index in [4.69, 9.17) is 27.4 Å². The minimum Gasteiger partial charge on any atom is -0.480 e. The molecule has 0 saturated heterocycles. The molecule has 0 spiro atoms. The van der Waals surface area contributed by atoms with Crippen LogP contribution in [0.15, 0.2) is 0 Å². The fourth-order valence-electron chi connectivity index (χ4n) is 0.632. The van der Waals surface area contributed by atoms with Gasteiger partial charge in [0.15, 0.2) is 0 Å². The zero-order valence-electron chi connectivity index (χ0n) is 9.43. The minimum absolute atomic E-state index is 0.520. The fraction of sp³-hybridized carbons (Fsp3) is 0.778. The van der Waals surface area contributed by atoms with Crippen molar-refractivity contribution in [3.8, 4) is 0 Å². The predicted molar refractivity (Wildman–Crippen MR) is 59.8 cm³/mol. The van der Waals surface area contributed by atoms with Crippen LogP contribution in [-0.4, -0.2) is 40.8 Å². The zero-order valence-corrected chi connectivity index (χ0v) is 9.43. The maximum absolute atomic E-state index is 10.1. The van der Waals surface area contributed by atoms with Crippen LogP contribution in [-0.2, 0) is 9.59 Å². The molecule has 0 fully saturated rings. The van der Waals surface area contributed by atoms with Crippen molar-refractivity contribution in [3.05, 3.63) is 0 Å². The van der Waals surface area contributed by atoms with Crippen LogP contribution in [0.5, 0.6) is 0 Å². The van der Waals surface area contributed by atoms with E-state index in [9.17, 15) is 9.59 Å². The average Bonchev–Trinajstić information content (AvgIpc) is 2.18. The second kappa shape index (κ2) is 10.3. The molecule has 0 amide bonds. The van der Waals surface area contributed by atoms with Gasteiger partial charge in [0.25, 0.3) is 0 Å². The number of carbonyl (C=O) groups is 2. The fourth-order valence-corrected chi connectivity index (χ4v) is 0.632. The Kier molecular flexibility index (Phi) is 11.1. The number of nitrogens with two attached hydrogens (primary N) is 3. The lowest BCUT2D eigenvalue weighted by molar-refractivity contribution is -0.139. The first-order valence-corrected chi connectivity index (χ1v) is 4.99. The topological polar surface area (TPSA) is 153 Å². The highest BCUT2D eigenvalue weighted by Crippen LogP contribution is 1.96. The molecule has 0 radical (unpaired) electrons. The van der Waals surface area contributed by atoms with Crippen molar-refractivity contribution in [2.75, 3.05) is 6.54 Å². The van der Waals surface area contributed by atoms with Crippen molar-refractivity contribution in [1.82, 2.24) is 0 Å². The van der Waals surface area contributed by atoms with Gasteiger partial charge in [-0.3, -0.25) is 9.59 Å². The van der Waals surface area contributed by atoms with E-state index in [1.54, 1.807) is 0 Å². The van der Waals surface area contributed by atoms with Crippen molar-refractivity contribution in [2.45, 2.75) is 38.3 Å². The van der Waals surface area contributed by atoms with Gasteiger partial charge in [-0.1, -0.05) is 6.42 Å². The summed E-state index contributed by atoms with van der Waals surface area (Å²) in [6, 6.07) is -1.45. The van der Waals surface area contributed by atoms with Gasteiger partial charge in [0, 0.05) is 0 Å². The molecule has 0 aromatic heterocycles. The Morgan fingerprint density at radius 3 is 1.81 bits per heavy atom. The number of rotatable bonds is 6. The molecule has 8 N–H and O–H groups in total. The predicted octanol–water partition coefficient (Wildman–Crippen LogP) is -1.05. The molecule has 16 heavy (non-hydrogen) atoms. The van der Waals surface area contributed by atoms with Crippen molar-refractivity contribution in [2.24, 2.45) is 17.2 Å². The molecule has 2 atom stereocenters. The summed E-state index contributed by atoms with van der Waals surface area (Å²) < 4.78 is 0. The van der Waals surface area contributed by atoms with Crippen LogP contribution >= 0.6 is 0 Å². The summed E-state index contributed by atoms with van der Waals surface area (Å²) in [6.07, 6.45) is 2.16. The van der Waals surface area contributed by atoms with Crippen LogP contribution in [0.1, 0.15) is 26.2 Å². The number of carboxylic acid groups (broad SMARTS) is 2. The molecule has 0 aliphatic carbocycles. The first-order valence-electron chi connectivity index (χ1n) is 4.99. The van der Waals surface area contributed by atoms with Gasteiger partial charge in [0.2, 0.25) is 0 Å². The van der Waals surface area contributed by atoms with Crippen LogP contribution in [0.25, 0.3) is 0 Å². The molecule has 0 aliphatic rings. The Morgan fingerprint density at radius 1 is 1.12 bits per heavy atom. The van der Waals surface area contributed by atoms with Crippen LogP contribution in [0, 0.1) is 0 Å². The molecule has 0 unspecified atom stereocenters. The average molecular weight is 235 g/mol. The van der Waals surface area contributed by atoms with E-state index in [0.717, 1.165) is 12.8 Å². The van der Waals surface area contributed by atoms with Gasteiger partial charge in [-0.15, -0.1) is 0 Å². The van der Waals surface area contributed by atoms with Gasteiger partial charge in [0.1, 0.15) is 12.1 Å². The van der Waals surface area contributed by atoms with E-state index in [1.165, 1.54) is 6.92 Å². The van der Waals surface area contributed by atoms with Gasteiger partial charge >= 0.3 is 11.9 Å². The molecule has 0 heterocycles. The summed E-state index contributed by atoms with van der Waals surface area (Å²) in [5, 5.41) is 16.2. The normalized spacial score (nSPS) is 13.2. The zero-order chi connectivity index (χ0) is 13.1. The Hall–Kier alpha value is -1.18. The minimum atomic E-state index is -0.963. The Balaban J connectivity index is 0. The molecule has 7 nitrogen and oxygen atoms in total. The summed E-state index contributed by atoms with van der Waals surface area (Å²) in [5.74, 6) is -1.90. The van der Waals surface area contributed by atoms with Crippen LogP contribution in [0.2, 0.25) is 0 Å².